The fourth-order valence-corrected chi connectivity index (χ4v) is 4.59. The Morgan fingerprint density at radius 3 is 2.32 bits per heavy atom. The molecule has 31 heavy (non-hydrogen) atoms. The molecule has 1 saturated heterocycles. The second kappa shape index (κ2) is 9.99. The molecule has 1 aromatic carbocycles. The standard InChI is InChI=1S/C21H27N5O4S/c1-16(24-31(29,30)20-8-6-18(7-9-20)23-17(2)27)21(28)26-13-11-25(12-14-26)15-19-5-3-4-10-22-19/h3-10,16,24H,11-15H2,1-2H3,(H,23,27)/t16-/m0/s1. The predicted molar refractivity (Wildman–Crippen MR) is 117 cm³/mol. The van der Waals surface area contributed by atoms with Crippen molar-refractivity contribution in [1.29, 1.82) is 0 Å². The van der Waals surface area contributed by atoms with Crippen molar-refractivity contribution in [2.45, 2.75) is 31.3 Å². The third kappa shape index (κ3) is 6.33. The average molecular weight is 446 g/mol. The number of rotatable bonds is 7. The molecule has 1 aliphatic heterocycles. The quantitative estimate of drug-likeness (QED) is 0.659. The van der Waals surface area contributed by atoms with Gasteiger partial charge in [0.15, 0.2) is 0 Å². The summed E-state index contributed by atoms with van der Waals surface area (Å²) < 4.78 is 27.7. The van der Waals surface area contributed by atoms with Crippen molar-refractivity contribution < 1.29 is 18.0 Å². The molecule has 3 rings (SSSR count). The molecule has 2 heterocycles. The molecule has 1 atom stereocenters. The number of anilines is 1. The van der Waals surface area contributed by atoms with Gasteiger partial charge in [-0.05, 0) is 43.3 Å². The van der Waals surface area contributed by atoms with Crippen molar-refractivity contribution in [3.05, 3.63) is 54.4 Å². The Labute approximate surface area is 182 Å². The summed E-state index contributed by atoms with van der Waals surface area (Å²) in [6.07, 6.45) is 1.76. The maximum absolute atomic E-state index is 12.8. The number of sulfonamides is 1. The van der Waals surface area contributed by atoms with Crippen LogP contribution < -0.4 is 10.0 Å². The number of benzene rings is 1. The zero-order valence-electron chi connectivity index (χ0n) is 17.6. The van der Waals surface area contributed by atoms with Crippen LogP contribution in [-0.2, 0) is 26.2 Å². The average Bonchev–Trinajstić information content (AvgIpc) is 2.74. The van der Waals surface area contributed by atoms with Gasteiger partial charge in [-0.2, -0.15) is 4.72 Å². The first kappa shape index (κ1) is 22.9. The Hall–Kier alpha value is -2.82. The monoisotopic (exact) mass is 445 g/mol. The van der Waals surface area contributed by atoms with E-state index in [1.807, 2.05) is 18.2 Å². The van der Waals surface area contributed by atoms with Gasteiger partial charge in [0, 0.05) is 51.5 Å². The number of hydrogen-bond acceptors (Lipinski definition) is 6. The molecule has 2 aromatic rings. The summed E-state index contributed by atoms with van der Waals surface area (Å²) in [6, 6.07) is 10.7. The lowest BCUT2D eigenvalue weighted by molar-refractivity contribution is -0.134. The number of nitrogens with one attached hydrogen (secondary N) is 2. The second-order valence-corrected chi connectivity index (χ2v) is 9.19. The van der Waals surface area contributed by atoms with Gasteiger partial charge in [-0.1, -0.05) is 6.07 Å². The van der Waals surface area contributed by atoms with E-state index >= 15 is 0 Å². The molecule has 1 aromatic heterocycles. The summed E-state index contributed by atoms with van der Waals surface area (Å²) in [7, 11) is -3.87. The molecule has 2 N–H and O–H groups in total. The minimum absolute atomic E-state index is 0.0291. The highest BCUT2D eigenvalue weighted by Gasteiger charge is 2.28. The van der Waals surface area contributed by atoms with Crippen molar-refractivity contribution in [3.63, 3.8) is 0 Å². The summed E-state index contributed by atoms with van der Waals surface area (Å²) >= 11 is 0. The van der Waals surface area contributed by atoms with Crippen LogP contribution in [0.1, 0.15) is 19.5 Å². The van der Waals surface area contributed by atoms with Gasteiger partial charge < -0.3 is 10.2 Å². The van der Waals surface area contributed by atoms with Crippen molar-refractivity contribution in [2.75, 3.05) is 31.5 Å². The number of aromatic nitrogens is 1. The zero-order valence-corrected chi connectivity index (χ0v) is 18.4. The smallest absolute Gasteiger partial charge is 0.241 e. The number of nitrogens with zero attached hydrogens (tertiary/aromatic N) is 3. The van der Waals surface area contributed by atoms with Crippen molar-refractivity contribution in [2.24, 2.45) is 0 Å². The molecule has 0 unspecified atom stereocenters. The molecule has 0 saturated carbocycles. The van der Waals surface area contributed by atoms with Crippen LogP contribution in [0.3, 0.4) is 0 Å². The van der Waals surface area contributed by atoms with Crippen LogP contribution >= 0.6 is 0 Å². The lowest BCUT2D eigenvalue weighted by atomic mass is 10.2. The molecule has 0 spiro atoms. The second-order valence-electron chi connectivity index (χ2n) is 7.47. The molecule has 2 amide bonds. The van der Waals surface area contributed by atoms with Crippen LogP contribution in [-0.4, -0.2) is 67.2 Å². The highest BCUT2D eigenvalue weighted by atomic mass is 32.2. The Morgan fingerprint density at radius 1 is 1.06 bits per heavy atom. The van der Waals surface area contributed by atoms with Gasteiger partial charge >= 0.3 is 0 Å². The molecular formula is C21H27N5O4S. The largest absolute Gasteiger partial charge is 0.339 e. The van der Waals surface area contributed by atoms with E-state index in [2.05, 4.69) is 19.9 Å². The van der Waals surface area contributed by atoms with Crippen molar-refractivity contribution in [3.8, 4) is 0 Å². The molecule has 0 aliphatic carbocycles. The van der Waals surface area contributed by atoms with Gasteiger partial charge in [-0.15, -0.1) is 0 Å². The van der Waals surface area contributed by atoms with Crippen LogP contribution in [0.2, 0.25) is 0 Å². The highest BCUT2D eigenvalue weighted by molar-refractivity contribution is 7.89. The molecule has 1 fully saturated rings. The third-order valence-corrected chi connectivity index (χ3v) is 6.54. The molecule has 9 nitrogen and oxygen atoms in total. The summed E-state index contributed by atoms with van der Waals surface area (Å²) in [5, 5.41) is 2.58. The fourth-order valence-electron chi connectivity index (χ4n) is 3.39. The fraction of sp³-hybridized carbons (Fsp3) is 0.381. The van der Waals surface area contributed by atoms with E-state index in [0.29, 0.717) is 31.9 Å². The number of carbonyl (C=O) groups is 2. The number of hydrogen-bond donors (Lipinski definition) is 2. The lowest BCUT2D eigenvalue weighted by Crippen LogP contribution is -2.53. The summed E-state index contributed by atoms with van der Waals surface area (Å²) in [5.41, 5.74) is 1.48. The lowest BCUT2D eigenvalue weighted by Gasteiger charge is -2.35. The summed E-state index contributed by atoms with van der Waals surface area (Å²) in [4.78, 5) is 32.1. The van der Waals surface area contributed by atoms with Crippen molar-refractivity contribution >= 4 is 27.5 Å². The first-order valence-corrected chi connectivity index (χ1v) is 11.5. The Kier molecular flexibility index (Phi) is 7.37. The first-order chi connectivity index (χ1) is 14.7. The van der Waals surface area contributed by atoms with E-state index in [1.54, 1.807) is 18.0 Å². The maximum atomic E-state index is 12.8. The van der Waals surface area contributed by atoms with Gasteiger partial charge in [-0.25, -0.2) is 8.42 Å². The molecule has 10 heteroatoms. The predicted octanol–water partition coefficient (Wildman–Crippen LogP) is 1.05. The van der Waals surface area contributed by atoms with Crippen LogP contribution in [0.5, 0.6) is 0 Å². The highest BCUT2D eigenvalue weighted by Crippen LogP contribution is 2.15. The van der Waals surface area contributed by atoms with Gasteiger partial charge in [0.25, 0.3) is 0 Å². The van der Waals surface area contributed by atoms with Crippen LogP contribution in [0.15, 0.2) is 53.6 Å². The number of amides is 2. The Morgan fingerprint density at radius 2 is 1.74 bits per heavy atom. The number of pyridine rings is 1. The van der Waals surface area contributed by atoms with Gasteiger partial charge in [0.05, 0.1) is 16.6 Å². The van der Waals surface area contributed by atoms with E-state index < -0.39 is 16.1 Å². The first-order valence-electron chi connectivity index (χ1n) is 10.1. The molecule has 166 valence electrons. The topological polar surface area (TPSA) is 112 Å². The normalized spacial score (nSPS) is 16.0. The molecule has 1 aliphatic rings. The molecule has 0 radical (unpaired) electrons. The maximum Gasteiger partial charge on any atom is 0.241 e. The zero-order chi connectivity index (χ0) is 22.4. The van der Waals surface area contributed by atoms with Crippen LogP contribution in [0.25, 0.3) is 0 Å². The SMILES string of the molecule is CC(=O)Nc1ccc(S(=O)(=O)N[C@@H](C)C(=O)N2CCN(Cc3ccccn3)CC2)cc1. The Bertz CT molecular complexity index is 1000. The third-order valence-electron chi connectivity index (χ3n) is 4.98. The van der Waals surface area contributed by atoms with E-state index in [4.69, 9.17) is 0 Å². The Balaban J connectivity index is 1.53. The minimum Gasteiger partial charge on any atom is -0.339 e. The molecule has 0 bridgehead atoms. The van der Waals surface area contributed by atoms with E-state index in [9.17, 15) is 18.0 Å². The molecular weight excluding hydrogens is 418 g/mol. The van der Waals surface area contributed by atoms with Gasteiger partial charge in [0.2, 0.25) is 21.8 Å². The van der Waals surface area contributed by atoms with Crippen LogP contribution in [0, 0.1) is 0 Å². The van der Waals surface area contributed by atoms with Gasteiger partial charge in [0.1, 0.15) is 0 Å². The summed E-state index contributed by atoms with van der Waals surface area (Å²) in [6.45, 7) is 6.11. The van der Waals surface area contributed by atoms with E-state index in [1.165, 1.54) is 31.2 Å². The van der Waals surface area contributed by atoms with Gasteiger partial charge in [-0.3, -0.25) is 19.5 Å². The van der Waals surface area contributed by atoms with Crippen molar-refractivity contribution in [1.82, 2.24) is 19.5 Å². The minimum atomic E-state index is -3.87. The van der Waals surface area contributed by atoms with E-state index in [0.717, 1.165) is 12.2 Å². The van der Waals surface area contributed by atoms with E-state index in [-0.39, 0.29) is 16.7 Å². The number of carbonyl (C=O) groups excluding carboxylic acids is 2. The van der Waals surface area contributed by atoms with Crippen LogP contribution in [0.4, 0.5) is 5.69 Å². The number of piperazine rings is 1. The summed E-state index contributed by atoms with van der Waals surface area (Å²) in [5.74, 6) is -0.496.